The minimum Gasteiger partial charge on any atom is -0.508 e. The zero-order valence-corrected chi connectivity index (χ0v) is 5.75. The van der Waals surface area contributed by atoms with Crippen LogP contribution in [0.2, 0.25) is 0 Å². The smallest absolute Gasteiger partial charge is 0.130 e. The summed E-state index contributed by atoms with van der Waals surface area (Å²) >= 11 is 0. The molecule has 0 saturated carbocycles. The Labute approximate surface area is 63.3 Å². The molecule has 0 spiro atoms. The van der Waals surface area contributed by atoms with Crippen molar-refractivity contribution >= 4 is 6.29 Å². The van der Waals surface area contributed by atoms with E-state index in [0.717, 1.165) is 6.07 Å². The number of hydrogen-bond acceptors (Lipinski definition) is 2. The molecule has 0 aliphatic carbocycles. The number of aldehydes is 1. The highest BCUT2D eigenvalue weighted by atomic mass is 19.1. The SMILES string of the molecule is O=CCc1ccc(O)cc1F. The average Bonchev–Trinajstić information content (AvgIpc) is 1.95. The second-order valence-corrected chi connectivity index (χ2v) is 2.15. The van der Waals surface area contributed by atoms with Crippen LogP contribution in [0, 0.1) is 5.82 Å². The first-order chi connectivity index (χ1) is 5.24. The Hall–Kier alpha value is -1.38. The Balaban J connectivity index is 2.98. The van der Waals surface area contributed by atoms with Crippen molar-refractivity contribution in [2.45, 2.75) is 6.42 Å². The van der Waals surface area contributed by atoms with Crippen LogP contribution in [0.25, 0.3) is 0 Å². The summed E-state index contributed by atoms with van der Waals surface area (Å²) in [5.41, 5.74) is 0.304. The molecule has 0 bridgehead atoms. The third-order valence-corrected chi connectivity index (χ3v) is 1.34. The van der Waals surface area contributed by atoms with Crippen molar-refractivity contribution in [2.24, 2.45) is 0 Å². The van der Waals surface area contributed by atoms with Crippen LogP contribution in [-0.2, 0) is 11.2 Å². The van der Waals surface area contributed by atoms with Gasteiger partial charge in [-0.05, 0) is 11.6 Å². The molecule has 0 unspecified atom stereocenters. The first kappa shape index (κ1) is 7.72. The van der Waals surface area contributed by atoms with Crippen LogP contribution in [-0.4, -0.2) is 11.4 Å². The van der Waals surface area contributed by atoms with Gasteiger partial charge < -0.3 is 9.90 Å². The first-order valence-electron chi connectivity index (χ1n) is 3.15. The maximum absolute atomic E-state index is 12.7. The topological polar surface area (TPSA) is 37.3 Å². The van der Waals surface area contributed by atoms with Gasteiger partial charge in [-0.25, -0.2) is 4.39 Å². The van der Waals surface area contributed by atoms with E-state index < -0.39 is 5.82 Å². The van der Waals surface area contributed by atoms with E-state index in [4.69, 9.17) is 5.11 Å². The number of phenolic OH excluding ortho intramolecular Hbond substituents is 1. The summed E-state index contributed by atoms with van der Waals surface area (Å²) in [4.78, 5) is 9.98. The van der Waals surface area contributed by atoms with Crippen LogP contribution in [0.4, 0.5) is 4.39 Å². The minimum atomic E-state index is -0.544. The molecule has 2 nitrogen and oxygen atoms in total. The van der Waals surface area contributed by atoms with Gasteiger partial charge in [0.05, 0.1) is 0 Å². The number of phenols is 1. The summed E-state index contributed by atoms with van der Waals surface area (Å²) in [6, 6.07) is 3.72. The molecule has 0 aliphatic heterocycles. The first-order valence-corrected chi connectivity index (χ1v) is 3.15. The molecule has 1 aromatic rings. The van der Waals surface area contributed by atoms with Crippen molar-refractivity contribution in [3.63, 3.8) is 0 Å². The van der Waals surface area contributed by atoms with E-state index in [1.165, 1.54) is 12.1 Å². The van der Waals surface area contributed by atoms with Crippen LogP contribution in [0.3, 0.4) is 0 Å². The number of hydrogen-bond donors (Lipinski definition) is 1. The standard InChI is InChI=1S/C8H7FO2/c9-8-5-7(11)2-1-6(8)3-4-10/h1-2,4-5,11H,3H2. The van der Waals surface area contributed by atoms with Crippen molar-refractivity contribution in [3.8, 4) is 5.75 Å². The maximum atomic E-state index is 12.7. The monoisotopic (exact) mass is 154 g/mol. The number of carbonyl (C=O) groups excluding carboxylic acids is 1. The predicted molar refractivity (Wildman–Crippen MR) is 37.8 cm³/mol. The summed E-state index contributed by atoms with van der Waals surface area (Å²) in [6.07, 6.45) is 0.668. The van der Waals surface area contributed by atoms with E-state index in [2.05, 4.69) is 0 Å². The highest BCUT2D eigenvalue weighted by Gasteiger charge is 2.00. The van der Waals surface area contributed by atoms with Gasteiger partial charge >= 0.3 is 0 Å². The van der Waals surface area contributed by atoms with Gasteiger partial charge in [-0.2, -0.15) is 0 Å². The summed E-state index contributed by atoms with van der Waals surface area (Å²) < 4.78 is 12.7. The van der Waals surface area contributed by atoms with Gasteiger partial charge in [-0.1, -0.05) is 6.07 Å². The van der Waals surface area contributed by atoms with Crippen LogP contribution in [0.1, 0.15) is 5.56 Å². The normalized spacial score (nSPS) is 9.55. The van der Waals surface area contributed by atoms with Crippen LogP contribution in [0.15, 0.2) is 18.2 Å². The molecular weight excluding hydrogens is 147 g/mol. The molecule has 58 valence electrons. The molecule has 0 amide bonds. The summed E-state index contributed by atoms with van der Waals surface area (Å²) in [5, 5.41) is 8.78. The van der Waals surface area contributed by atoms with Crippen molar-refractivity contribution < 1.29 is 14.3 Å². The zero-order valence-electron chi connectivity index (χ0n) is 5.75. The molecule has 0 heterocycles. The van der Waals surface area contributed by atoms with Crippen LogP contribution in [0.5, 0.6) is 5.75 Å². The Bertz CT molecular complexity index is 271. The van der Waals surface area contributed by atoms with Gasteiger partial charge in [0.25, 0.3) is 0 Å². The van der Waals surface area contributed by atoms with Crippen molar-refractivity contribution in [1.29, 1.82) is 0 Å². The Morgan fingerprint density at radius 1 is 1.55 bits per heavy atom. The Morgan fingerprint density at radius 3 is 2.82 bits per heavy atom. The van der Waals surface area contributed by atoms with E-state index in [9.17, 15) is 9.18 Å². The largest absolute Gasteiger partial charge is 0.508 e. The van der Waals surface area contributed by atoms with Crippen molar-refractivity contribution in [2.75, 3.05) is 0 Å². The van der Waals surface area contributed by atoms with Crippen LogP contribution < -0.4 is 0 Å². The molecule has 0 fully saturated rings. The van der Waals surface area contributed by atoms with Gasteiger partial charge in [0.2, 0.25) is 0 Å². The molecule has 0 atom stereocenters. The molecule has 1 N–H and O–H groups in total. The molecule has 3 heteroatoms. The lowest BCUT2D eigenvalue weighted by molar-refractivity contribution is -0.107. The number of benzene rings is 1. The molecule has 0 radical (unpaired) electrons. The van der Waals surface area contributed by atoms with Gasteiger partial charge in [0.15, 0.2) is 0 Å². The van der Waals surface area contributed by atoms with Crippen molar-refractivity contribution in [1.82, 2.24) is 0 Å². The maximum Gasteiger partial charge on any atom is 0.130 e. The lowest BCUT2D eigenvalue weighted by atomic mass is 10.1. The number of aromatic hydroxyl groups is 1. The van der Waals surface area contributed by atoms with E-state index in [1.807, 2.05) is 0 Å². The fourth-order valence-electron chi connectivity index (χ4n) is 0.792. The molecule has 0 saturated heterocycles. The zero-order chi connectivity index (χ0) is 8.27. The molecule has 11 heavy (non-hydrogen) atoms. The average molecular weight is 154 g/mol. The molecular formula is C8H7FO2. The van der Waals surface area contributed by atoms with Gasteiger partial charge in [0.1, 0.15) is 17.9 Å². The van der Waals surface area contributed by atoms with Gasteiger partial charge in [-0.15, -0.1) is 0 Å². The molecule has 0 aromatic heterocycles. The third-order valence-electron chi connectivity index (χ3n) is 1.34. The summed E-state index contributed by atoms with van der Waals surface area (Å²) in [6.45, 7) is 0. The van der Waals surface area contributed by atoms with Gasteiger partial charge in [0, 0.05) is 12.5 Å². The van der Waals surface area contributed by atoms with Crippen molar-refractivity contribution in [3.05, 3.63) is 29.6 Å². The van der Waals surface area contributed by atoms with E-state index in [0.29, 0.717) is 11.8 Å². The highest BCUT2D eigenvalue weighted by molar-refractivity contribution is 5.55. The lowest BCUT2D eigenvalue weighted by Crippen LogP contribution is -1.89. The molecule has 1 aromatic carbocycles. The summed E-state index contributed by atoms with van der Waals surface area (Å²) in [5.74, 6) is -0.672. The fraction of sp³-hybridized carbons (Fsp3) is 0.125. The number of halogens is 1. The second kappa shape index (κ2) is 3.14. The highest BCUT2D eigenvalue weighted by Crippen LogP contribution is 2.14. The quantitative estimate of drug-likeness (QED) is 0.651. The molecule has 1 rings (SSSR count). The second-order valence-electron chi connectivity index (χ2n) is 2.15. The molecule has 0 aliphatic rings. The minimum absolute atomic E-state index is 0.0477. The van der Waals surface area contributed by atoms with E-state index >= 15 is 0 Å². The van der Waals surface area contributed by atoms with E-state index in [1.54, 1.807) is 0 Å². The third kappa shape index (κ3) is 1.77. The number of carbonyl (C=O) groups is 1. The van der Waals surface area contributed by atoms with Crippen LogP contribution >= 0.6 is 0 Å². The Morgan fingerprint density at radius 2 is 2.27 bits per heavy atom. The predicted octanol–water partition coefficient (Wildman–Crippen LogP) is 1.27. The van der Waals surface area contributed by atoms with Gasteiger partial charge in [-0.3, -0.25) is 0 Å². The summed E-state index contributed by atoms with van der Waals surface area (Å²) in [7, 11) is 0. The Kier molecular flexibility index (Phi) is 2.21. The van der Waals surface area contributed by atoms with E-state index in [-0.39, 0.29) is 12.2 Å². The fourth-order valence-corrected chi connectivity index (χ4v) is 0.792. The lowest BCUT2D eigenvalue weighted by Gasteiger charge is -1.97. The number of rotatable bonds is 2.